The average Bonchev–Trinajstić information content (AvgIpc) is 3.59. The molecule has 2 aliphatic rings. The molecule has 0 unspecified atom stereocenters. The summed E-state index contributed by atoms with van der Waals surface area (Å²) in [4.78, 5) is 49.1. The minimum atomic E-state index is -1.28. The zero-order valence-electron chi connectivity index (χ0n) is 22.1. The largest absolute Gasteiger partial charge is 0.369 e. The molecule has 40 heavy (non-hydrogen) atoms. The number of benzene rings is 2. The highest BCUT2D eigenvalue weighted by Gasteiger charge is 2.57. The second kappa shape index (κ2) is 9.86. The van der Waals surface area contributed by atoms with Gasteiger partial charge in [0.25, 0.3) is 5.56 Å². The first-order valence-corrected chi connectivity index (χ1v) is 13.4. The Balaban J connectivity index is 1.33. The van der Waals surface area contributed by atoms with Crippen molar-refractivity contribution in [1.29, 1.82) is 0 Å². The SMILES string of the molecule is Cc1cc(=O)n(C2CCCC2)c2nc(Nc3ccc(N(C(=O)C4(C(N)=O)CC4)c4cccc(F)c4)cc3)ncc12. The molecule has 0 spiro atoms. The van der Waals surface area contributed by atoms with Gasteiger partial charge in [-0.05, 0) is 80.6 Å². The number of pyridine rings is 1. The first-order chi connectivity index (χ1) is 19.3. The van der Waals surface area contributed by atoms with Gasteiger partial charge in [0.1, 0.15) is 16.9 Å². The third-order valence-electron chi connectivity index (χ3n) is 7.97. The molecule has 6 rings (SSSR count). The molecule has 2 aliphatic carbocycles. The minimum Gasteiger partial charge on any atom is -0.369 e. The summed E-state index contributed by atoms with van der Waals surface area (Å²) in [5.74, 6) is -1.33. The first kappa shape index (κ1) is 25.7. The fourth-order valence-electron chi connectivity index (χ4n) is 5.57. The number of carbonyl (C=O) groups excluding carboxylic acids is 2. The van der Waals surface area contributed by atoms with Crippen molar-refractivity contribution < 1.29 is 14.0 Å². The van der Waals surface area contributed by atoms with Crippen LogP contribution in [-0.2, 0) is 9.59 Å². The zero-order valence-corrected chi connectivity index (χ0v) is 22.1. The maximum Gasteiger partial charge on any atom is 0.252 e. The molecule has 0 aliphatic heterocycles. The third-order valence-corrected chi connectivity index (χ3v) is 7.97. The highest BCUT2D eigenvalue weighted by Crippen LogP contribution is 2.49. The van der Waals surface area contributed by atoms with Crippen LogP contribution in [0.5, 0.6) is 0 Å². The lowest BCUT2D eigenvalue weighted by Crippen LogP contribution is -2.41. The summed E-state index contributed by atoms with van der Waals surface area (Å²) in [6.45, 7) is 1.88. The van der Waals surface area contributed by atoms with Crippen molar-refractivity contribution >= 4 is 45.9 Å². The summed E-state index contributed by atoms with van der Waals surface area (Å²) in [5, 5.41) is 4.02. The van der Waals surface area contributed by atoms with Crippen LogP contribution >= 0.6 is 0 Å². The lowest BCUT2D eigenvalue weighted by molar-refractivity contribution is -0.133. The summed E-state index contributed by atoms with van der Waals surface area (Å²) < 4.78 is 15.9. The van der Waals surface area contributed by atoms with E-state index in [0.717, 1.165) is 36.6 Å². The Morgan fingerprint density at radius 3 is 2.45 bits per heavy atom. The topological polar surface area (TPSA) is 123 Å². The second-order valence-electron chi connectivity index (χ2n) is 10.6. The third kappa shape index (κ3) is 4.49. The van der Waals surface area contributed by atoms with Gasteiger partial charge < -0.3 is 11.1 Å². The summed E-state index contributed by atoms with van der Waals surface area (Å²) >= 11 is 0. The molecule has 2 aromatic carbocycles. The Morgan fingerprint density at radius 1 is 1.07 bits per heavy atom. The number of nitrogens with zero attached hydrogens (tertiary/aromatic N) is 4. The molecule has 0 bridgehead atoms. The van der Waals surface area contributed by atoms with E-state index in [0.29, 0.717) is 41.5 Å². The van der Waals surface area contributed by atoms with Crippen molar-refractivity contribution in [2.24, 2.45) is 11.1 Å². The Hall–Kier alpha value is -4.60. The quantitative estimate of drug-likeness (QED) is 0.317. The number of hydrogen-bond donors (Lipinski definition) is 2. The average molecular weight is 541 g/mol. The van der Waals surface area contributed by atoms with Crippen LogP contribution in [0.3, 0.4) is 0 Å². The van der Waals surface area contributed by atoms with E-state index in [4.69, 9.17) is 10.7 Å². The smallest absolute Gasteiger partial charge is 0.252 e. The number of primary amides is 1. The monoisotopic (exact) mass is 540 g/mol. The Labute approximate surface area is 229 Å². The summed E-state index contributed by atoms with van der Waals surface area (Å²) in [7, 11) is 0. The molecule has 4 aromatic rings. The van der Waals surface area contributed by atoms with Crippen molar-refractivity contribution in [3.05, 3.63) is 82.5 Å². The molecule has 2 fully saturated rings. The number of anilines is 4. The van der Waals surface area contributed by atoms with E-state index in [2.05, 4.69) is 10.3 Å². The van der Waals surface area contributed by atoms with E-state index in [9.17, 15) is 18.8 Å². The molecule has 0 radical (unpaired) electrons. The maximum atomic E-state index is 14.1. The molecule has 9 nitrogen and oxygen atoms in total. The maximum absolute atomic E-state index is 14.1. The number of halogens is 1. The minimum absolute atomic E-state index is 0.0580. The van der Waals surface area contributed by atoms with Gasteiger partial charge in [-0.1, -0.05) is 18.9 Å². The number of fused-ring (bicyclic) bond motifs is 1. The first-order valence-electron chi connectivity index (χ1n) is 13.4. The standard InChI is InChI=1S/C30H29FN6O3/c1-18-15-25(38)37(21-6-2-3-7-21)26-24(18)17-33-29(35-26)34-20-9-11-22(12-10-20)36(23-8-4-5-19(31)16-23)28(40)30(13-14-30)27(32)39/h4-5,8-12,15-17,21H,2-3,6-7,13-14H2,1H3,(H2,32,39)(H,33,34,35). The van der Waals surface area contributed by atoms with E-state index >= 15 is 0 Å². The normalized spacial score (nSPS) is 16.1. The highest BCUT2D eigenvalue weighted by molar-refractivity contribution is 6.16. The lowest BCUT2D eigenvalue weighted by Gasteiger charge is -2.26. The van der Waals surface area contributed by atoms with E-state index in [1.807, 2.05) is 6.92 Å². The van der Waals surface area contributed by atoms with Gasteiger partial charge in [-0.3, -0.25) is 23.9 Å². The Bertz CT molecular complexity index is 1690. The molecular weight excluding hydrogens is 511 g/mol. The van der Waals surface area contributed by atoms with Crippen LogP contribution in [0.25, 0.3) is 11.0 Å². The van der Waals surface area contributed by atoms with Crippen LogP contribution in [0.4, 0.5) is 27.4 Å². The Kier molecular flexibility index (Phi) is 6.32. The predicted molar refractivity (Wildman–Crippen MR) is 150 cm³/mol. The van der Waals surface area contributed by atoms with Gasteiger partial charge in [0, 0.05) is 35.1 Å². The molecule has 2 heterocycles. The lowest BCUT2D eigenvalue weighted by atomic mass is 10.0. The van der Waals surface area contributed by atoms with E-state index in [1.165, 1.54) is 23.1 Å². The molecule has 2 saturated carbocycles. The van der Waals surface area contributed by atoms with Crippen molar-refractivity contribution in [2.45, 2.75) is 51.5 Å². The number of rotatable bonds is 7. The molecule has 0 saturated heterocycles. The van der Waals surface area contributed by atoms with Gasteiger partial charge in [-0.15, -0.1) is 0 Å². The summed E-state index contributed by atoms with van der Waals surface area (Å²) in [6.07, 6.45) is 6.51. The van der Waals surface area contributed by atoms with Crippen LogP contribution in [0.15, 0.2) is 65.6 Å². The van der Waals surface area contributed by atoms with E-state index in [1.54, 1.807) is 47.2 Å². The van der Waals surface area contributed by atoms with Crippen LogP contribution in [0.1, 0.15) is 50.1 Å². The fraction of sp³-hybridized carbons (Fsp3) is 0.300. The van der Waals surface area contributed by atoms with Crippen LogP contribution in [-0.4, -0.2) is 26.3 Å². The van der Waals surface area contributed by atoms with Gasteiger partial charge in [0.15, 0.2) is 0 Å². The van der Waals surface area contributed by atoms with Crippen LogP contribution in [0.2, 0.25) is 0 Å². The predicted octanol–water partition coefficient (Wildman–Crippen LogP) is 5.03. The molecule has 3 N–H and O–H groups in total. The number of carbonyl (C=O) groups is 2. The van der Waals surface area contributed by atoms with Gasteiger partial charge in [-0.2, -0.15) is 4.98 Å². The highest BCUT2D eigenvalue weighted by atomic mass is 19.1. The van der Waals surface area contributed by atoms with Crippen molar-refractivity contribution in [3.8, 4) is 0 Å². The second-order valence-corrected chi connectivity index (χ2v) is 10.6. The van der Waals surface area contributed by atoms with Crippen molar-refractivity contribution in [3.63, 3.8) is 0 Å². The van der Waals surface area contributed by atoms with Gasteiger partial charge in [0.05, 0.1) is 5.69 Å². The molecule has 0 atom stereocenters. The number of amides is 2. The number of aryl methyl sites for hydroxylation is 1. The van der Waals surface area contributed by atoms with Crippen LogP contribution in [0, 0.1) is 18.2 Å². The van der Waals surface area contributed by atoms with Gasteiger partial charge >= 0.3 is 0 Å². The number of nitrogens with one attached hydrogen (secondary N) is 1. The fourth-order valence-corrected chi connectivity index (χ4v) is 5.57. The summed E-state index contributed by atoms with van der Waals surface area (Å²) in [5.41, 5.74) is 7.07. The zero-order chi connectivity index (χ0) is 28.0. The molecule has 2 amide bonds. The molecule has 10 heteroatoms. The van der Waals surface area contributed by atoms with Crippen molar-refractivity contribution in [1.82, 2.24) is 14.5 Å². The van der Waals surface area contributed by atoms with Gasteiger partial charge in [0.2, 0.25) is 17.8 Å². The van der Waals surface area contributed by atoms with E-state index < -0.39 is 23.0 Å². The summed E-state index contributed by atoms with van der Waals surface area (Å²) in [6, 6.07) is 14.3. The Morgan fingerprint density at radius 2 is 1.80 bits per heavy atom. The number of hydrogen-bond acceptors (Lipinski definition) is 6. The number of aromatic nitrogens is 3. The van der Waals surface area contributed by atoms with E-state index in [-0.39, 0.29) is 11.6 Å². The van der Waals surface area contributed by atoms with Crippen molar-refractivity contribution in [2.75, 3.05) is 10.2 Å². The molecule has 2 aromatic heterocycles. The number of nitrogens with two attached hydrogens (primary N) is 1. The van der Waals surface area contributed by atoms with Gasteiger partial charge in [-0.25, -0.2) is 9.37 Å². The molecular formula is C30H29FN6O3. The molecule has 204 valence electrons. The van der Waals surface area contributed by atoms with Crippen LogP contribution < -0.4 is 21.5 Å².